The van der Waals surface area contributed by atoms with Crippen molar-refractivity contribution in [1.82, 2.24) is 0 Å². The number of likely N-dealkylation sites (tertiary alicyclic amines) is 1. The smallest absolute Gasteiger partial charge is 0.137 e. The number of benzene rings is 1. The number of rotatable bonds is 5. The molecule has 1 atom stereocenters. The van der Waals surface area contributed by atoms with Crippen molar-refractivity contribution in [2.75, 3.05) is 26.2 Å². The molecule has 0 spiro atoms. The highest BCUT2D eigenvalue weighted by atomic mass is 35.5. The van der Waals surface area contributed by atoms with E-state index in [0.29, 0.717) is 6.61 Å². The lowest BCUT2D eigenvalue weighted by Crippen LogP contribution is -3.11. The van der Waals surface area contributed by atoms with Gasteiger partial charge in [-0.1, -0.05) is 11.6 Å². The molecule has 0 unspecified atom stereocenters. The number of aliphatic hydroxyl groups excluding tert-OH is 1. The van der Waals surface area contributed by atoms with Crippen molar-refractivity contribution >= 4 is 11.6 Å². The predicted molar refractivity (Wildman–Crippen MR) is 77.2 cm³/mol. The molecule has 3 nitrogen and oxygen atoms in total. The molecule has 0 amide bonds. The van der Waals surface area contributed by atoms with Gasteiger partial charge in [-0.2, -0.15) is 0 Å². The van der Waals surface area contributed by atoms with Crippen molar-refractivity contribution in [1.29, 1.82) is 0 Å². The lowest BCUT2D eigenvalue weighted by molar-refractivity contribution is -0.890. The van der Waals surface area contributed by atoms with Crippen molar-refractivity contribution in [3.05, 3.63) is 28.3 Å². The monoisotopic (exact) mass is 284 g/mol. The molecule has 1 aromatic rings. The van der Waals surface area contributed by atoms with Gasteiger partial charge in [-0.05, 0) is 37.1 Å². The van der Waals surface area contributed by atoms with Gasteiger partial charge in [0.05, 0.1) is 13.1 Å². The van der Waals surface area contributed by atoms with Gasteiger partial charge in [0, 0.05) is 17.9 Å². The number of halogens is 1. The van der Waals surface area contributed by atoms with Crippen LogP contribution in [-0.2, 0) is 0 Å². The van der Waals surface area contributed by atoms with Crippen LogP contribution in [0.25, 0.3) is 0 Å². The summed E-state index contributed by atoms with van der Waals surface area (Å²) in [7, 11) is 0. The zero-order valence-corrected chi connectivity index (χ0v) is 12.5. The molecule has 1 saturated heterocycles. The fourth-order valence-corrected chi connectivity index (χ4v) is 2.76. The third kappa shape index (κ3) is 4.10. The molecule has 1 heterocycles. The zero-order chi connectivity index (χ0) is 13.8. The molecule has 0 bridgehead atoms. The first kappa shape index (κ1) is 14.6. The summed E-state index contributed by atoms with van der Waals surface area (Å²) in [5.74, 6) is 0.787. The average Bonchev–Trinajstić information content (AvgIpc) is 2.86. The lowest BCUT2D eigenvalue weighted by Gasteiger charge is -2.17. The maximum Gasteiger partial charge on any atom is 0.137 e. The fraction of sp³-hybridized carbons (Fsp3) is 0.600. The molecule has 1 aliphatic rings. The Bertz CT molecular complexity index is 407. The summed E-state index contributed by atoms with van der Waals surface area (Å²) in [6.45, 7) is 7.42. The summed E-state index contributed by atoms with van der Waals surface area (Å²) in [4.78, 5) is 1.49. The first-order valence-corrected chi connectivity index (χ1v) is 7.35. The number of quaternary nitrogens is 1. The SMILES string of the molecule is Cc1cc(OC[C@H](O)C[NH+]2CCCC2)cc(C)c1Cl. The Morgan fingerprint density at radius 1 is 1.26 bits per heavy atom. The summed E-state index contributed by atoms with van der Waals surface area (Å²) in [6.07, 6.45) is 2.15. The van der Waals surface area contributed by atoms with E-state index >= 15 is 0 Å². The van der Waals surface area contributed by atoms with Crippen LogP contribution in [0.15, 0.2) is 12.1 Å². The van der Waals surface area contributed by atoms with Gasteiger partial charge in [0.15, 0.2) is 0 Å². The van der Waals surface area contributed by atoms with E-state index in [0.717, 1.165) is 28.4 Å². The van der Waals surface area contributed by atoms with E-state index in [2.05, 4.69) is 0 Å². The molecule has 0 aromatic heterocycles. The molecule has 2 rings (SSSR count). The minimum Gasteiger partial charge on any atom is -0.491 e. The van der Waals surface area contributed by atoms with Gasteiger partial charge in [-0.25, -0.2) is 0 Å². The molecule has 4 heteroatoms. The van der Waals surface area contributed by atoms with Crippen LogP contribution in [0.1, 0.15) is 24.0 Å². The van der Waals surface area contributed by atoms with Crippen molar-refractivity contribution in [2.24, 2.45) is 0 Å². The Morgan fingerprint density at radius 3 is 2.42 bits per heavy atom. The van der Waals surface area contributed by atoms with E-state index in [1.54, 1.807) is 0 Å². The van der Waals surface area contributed by atoms with Crippen molar-refractivity contribution in [3.8, 4) is 5.75 Å². The highest BCUT2D eigenvalue weighted by molar-refractivity contribution is 6.32. The molecule has 0 saturated carbocycles. The number of aryl methyl sites for hydroxylation is 2. The number of aliphatic hydroxyl groups is 1. The maximum atomic E-state index is 9.99. The van der Waals surface area contributed by atoms with Crippen LogP contribution >= 0.6 is 11.6 Å². The highest BCUT2D eigenvalue weighted by Crippen LogP contribution is 2.25. The normalized spacial score (nSPS) is 17.7. The summed E-state index contributed by atoms with van der Waals surface area (Å²) in [5.41, 5.74) is 2.02. The minimum atomic E-state index is -0.399. The van der Waals surface area contributed by atoms with Crippen LogP contribution in [0.3, 0.4) is 0 Å². The van der Waals surface area contributed by atoms with Crippen molar-refractivity contribution in [3.63, 3.8) is 0 Å². The van der Waals surface area contributed by atoms with E-state index in [1.165, 1.54) is 30.8 Å². The van der Waals surface area contributed by atoms with Crippen LogP contribution in [0.5, 0.6) is 5.75 Å². The standard InChI is InChI=1S/C15H22ClNO2/c1-11-7-14(8-12(2)15(11)16)19-10-13(18)9-17-5-3-4-6-17/h7-8,13,18H,3-6,9-10H2,1-2H3/p+1/t13-/m1/s1. The molecular weight excluding hydrogens is 262 g/mol. The molecule has 1 fully saturated rings. The van der Waals surface area contributed by atoms with E-state index < -0.39 is 6.10 Å². The minimum absolute atomic E-state index is 0.351. The average molecular weight is 285 g/mol. The third-order valence-corrected chi connectivity index (χ3v) is 4.28. The molecule has 1 aromatic carbocycles. The van der Waals surface area contributed by atoms with E-state index in [9.17, 15) is 5.11 Å². The van der Waals surface area contributed by atoms with Crippen molar-refractivity contribution < 1.29 is 14.7 Å². The summed E-state index contributed by atoms with van der Waals surface area (Å²) in [6, 6.07) is 3.84. The quantitative estimate of drug-likeness (QED) is 0.856. The first-order chi connectivity index (χ1) is 9.06. The lowest BCUT2D eigenvalue weighted by atomic mass is 10.1. The highest BCUT2D eigenvalue weighted by Gasteiger charge is 2.19. The second kappa shape index (κ2) is 6.60. The number of hydrogen-bond acceptors (Lipinski definition) is 2. The Kier molecular flexibility index (Phi) is 5.08. The second-order valence-electron chi connectivity index (χ2n) is 5.50. The number of nitrogens with one attached hydrogen (secondary N) is 1. The summed E-state index contributed by atoms with van der Waals surface area (Å²) < 4.78 is 5.67. The second-order valence-corrected chi connectivity index (χ2v) is 5.88. The van der Waals surface area contributed by atoms with Crippen LogP contribution in [0.2, 0.25) is 5.02 Å². The molecule has 2 N–H and O–H groups in total. The molecule has 1 aliphatic heterocycles. The molecule has 0 aliphatic carbocycles. The van der Waals surface area contributed by atoms with E-state index in [4.69, 9.17) is 16.3 Å². The summed E-state index contributed by atoms with van der Waals surface area (Å²) >= 11 is 6.12. The Labute approximate surface area is 120 Å². The number of hydrogen-bond donors (Lipinski definition) is 2. The van der Waals surface area contributed by atoms with Gasteiger partial charge in [-0.15, -0.1) is 0 Å². The van der Waals surface area contributed by atoms with Gasteiger partial charge in [0.2, 0.25) is 0 Å². The Hall–Kier alpha value is -0.770. The fourth-order valence-electron chi connectivity index (χ4n) is 2.65. The summed E-state index contributed by atoms with van der Waals surface area (Å²) in [5, 5.41) is 10.8. The molecular formula is C15H23ClNO2+. The van der Waals surface area contributed by atoms with Crippen LogP contribution in [0, 0.1) is 13.8 Å². The Balaban J connectivity index is 1.84. The van der Waals surface area contributed by atoms with Gasteiger partial charge in [-0.3, -0.25) is 0 Å². The maximum absolute atomic E-state index is 9.99. The Morgan fingerprint density at radius 2 is 1.84 bits per heavy atom. The third-order valence-electron chi connectivity index (χ3n) is 3.69. The van der Waals surface area contributed by atoms with E-state index in [1.807, 2.05) is 26.0 Å². The van der Waals surface area contributed by atoms with Gasteiger partial charge in [0.25, 0.3) is 0 Å². The van der Waals surface area contributed by atoms with Crippen LogP contribution in [-0.4, -0.2) is 37.5 Å². The predicted octanol–water partition coefficient (Wildman–Crippen LogP) is 1.38. The topological polar surface area (TPSA) is 33.9 Å². The first-order valence-electron chi connectivity index (χ1n) is 6.97. The largest absolute Gasteiger partial charge is 0.491 e. The van der Waals surface area contributed by atoms with Gasteiger partial charge < -0.3 is 14.7 Å². The van der Waals surface area contributed by atoms with Crippen LogP contribution in [0.4, 0.5) is 0 Å². The van der Waals surface area contributed by atoms with Crippen LogP contribution < -0.4 is 9.64 Å². The molecule has 0 radical (unpaired) electrons. The molecule has 19 heavy (non-hydrogen) atoms. The van der Waals surface area contributed by atoms with E-state index in [-0.39, 0.29) is 0 Å². The number of ether oxygens (including phenoxy) is 1. The molecule has 106 valence electrons. The van der Waals surface area contributed by atoms with Gasteiger partial charge in [0.1, 0.15) is 25.0 Å². The van der Waals surface area contributed by atoms with Gasteiger partial charge >= 0.3 is 0 Å². The zero-order valence-electron chi connectivity index (χ0n) is 11.7. The van der Waals surface area contributed by atoms with Crippen molar-refractivity contribution in [2.45, 2.75) is 32.8 Å².